The van der Waals surface area contributed by atoms with Gasteiger partial charge in [0.1, 0.15) is 11.8 Å². The van der Waals surface area contributed by atoms with Crippen LogP contribution in [0.25, 0.3) is 16.8 Å². The molecule has 3 rings (SSSR count). The van der Waals surface area contributed by atoms with Gasteiger partial charge < -0.3 is 10.1 Å². The number of fused-ring (bicyclic) bond motifs is 1. The van der Waals surface area contributed by atoms with E-state index < -0.39 is 16.1 Å². The quantitative estimate of drug-likeness (QED) is 0.427. The van der Waals surface area contributed by atoms with Crippen LogP contribution in [0.1, 0.15) is 17.5 Å². The second kappa shape index (κ2) is 11.9. The summed E-state index contributed by atoms with van der Waals surface area (Å²) in [6, 6.07) is 20.0. The zero-order chi connectivity index (χ0) is 23.7. The molecular formula is C25H28N2O4S2. The predicted octanol–water partition coefficient (Wildman–Crippen LogP) is 4.18. The Morgan fingerprint density at radius 3 is 2.52 bits per heavy atom. The zero-order valence-electron chi connectivity index (χ0n) is 18.7. The summed E-state index contributed by atoms with van der Waals surface area (Å²) in [5.74, 6) is 1.09. The summed E-state index contributed by atoms with van der Waals surface area (Å²) in [7, 11) is -2.16. The fourth-order valence-corrected chi connectivity index (χ4v) is 4.78. The van der Waals surface area contributed by atoms with Crippen LogP contribution in [0.15, 0.2) is 72.1 Å². The molecule has 0 aromatic heterocycles. The van der Waals surface area contributed by atoms with Gasteiger partial charge in [-0.3, -0.25) is 4.79 Å². The SMILES string of the molecule is COc1ccc2cc(CNC(=O)C(CCSC)NS(=O)(=O)/C=C/c3ccccc3)ccc2c1. The van der Waals surface area contributed by atoms with Crippen molar-refractivity contribution < 1.29 is 17.9 Å². The molecule has 3 aromatic rings. The van der Waals surface area contributed by atoms with Gasteiger partial charge in [0, 0.05) is 12.0 Å². The summed E-state index contributed by atoms with van der Waals surface area (Å²) in [5.41, 5.74) is 1.69. The maximum atomic E-state index is 12.8. The Kier molecular flexibility index (Phi) is 8.94. The van der Waals surface area contributed by atoms with Gasteiger partial charge in [-0.05, 0) is 64.6 Å². The first-order chi connectivity index (χ1) is 15.9. The Morgan fingerprint density at radius 2 is 1.79 bits per heavy atom. The number of methoxy groups -OCH3 is 1. The Labute approximate surface area is 199 Å². The zero-order valence-corrected chi connectivity index (χ0v) is 20.3. The Balaban J connectivity index is 1.66. The fourth-order valence-electron chi connectivity index (χ4n) is 3.27. The van der Waals surface area contributed by atoms with Gasteiger partial charge >= 0.3 is 0 Å². The molecule has 0 fully saturated rings. The molecule has 0 heterocycles. The number of rotatable bonds is 11. The van der Waals surface area contributed by atoms with Crippen LogP contribution in [0.5, 0.6) is 5.75 Å². The molecule has 33 heavy (non-hydrogen) atoms. The van der Waals surface area contributed by atoms with Crippen molar-refractivity contribution in [1.29, 1.82) is 0 Å². The Bertz CT molecular complexity index is 1210. The third kappa shape index (κ3) is 7.63. The number of thioether (sulfide) groups is 1. The van der Waals surface area contributed by atoms with Gasteiger partial charge in [-0.2, -0.15) is 16.5 Å². The number of amides is 1. The largest absolute Gasteiger partial charge is 0.497 e. The van der Waals surface area contributed by atoms with Crippen LogP contribution in [0.4, 0.5) is 0 Å². The molecule has 8 heteroatoms. The highest BCUT2D eigenvalue weighted by molar-refractivity contribution is 7.98. The Hall–Kier alpha value is -2.81. The van der Waals surface area contributed by atoms with Gasteiger partial charge in [-0.1, -0.05) is 48.5 Å². The van der Waals surface area contributed by atoms with Crippen molar-refractivity contribution in [1.82, 2.24) is 10.0 Å². The molecule has 0 bridgehead atoms. The van der Waals surface area contributed by atoms with Crippen molar-refractivity contribution in [3.63, 3.8) is 0 Å². The molecule has 1 atom stereocenters. The van der Waals surface area contributed by atoms with Gasteiger partial charge in [0.15, 0.2) is 0 Å². The monoisotopic (exact) mass is 484 g/mol. The highest BCUT2D eigenvalue weighted by atomic mass is 32.2. The van der Waals surface area contributed by atoms with Crippen LogP contribution in [0.3, 0.4) is 0 Å². The summed E-state index contributed by atoms with van der Waals surface area (Å²) in [6.07, 6.45) is 3.82. The lowest BCUT2D eigenvalue weighted by atomic mass is 10.1. The van der Waals surface area contributed by atoms with Crippen molar-refractivity contribution in [2.75, 3.05) is 19.1 Å². The number of nitrogens with one attached hydrogen (secondary N) is 2. The minimum absolute atomic E-state index is 0.304. The number of carbonyl (C=O) groups excluding carboxylic acids is 1. The van der Waals surface area contributed by atoms with Crippen molar-refractivity contribution in [3.05, 3.63) is 83.3 Å². The van der Waals surface area contributed by atoms with E-state index in [9.17, 15) is 13.2 Å². The molecule has 0 aliphatic heterocycles. The van der Waals surface area contributed by atoms with Crippen molar-refractivity contribution >= 4 is 44.5 Å². The number of sulfonamides is 1. The minimum Gasteiger partial charge on any atom is -0.497 e. The maximum Gasteiger partial charge on any atom is 0.238 e. The van der Waals surface area contributed by atoms with Crippen molar-refractivity contribution in [3.8, 4) is 5.75 Å². The standard InChI is InChI=1S/C25H28N2O4S2/c1-31-23-11-10-21-16-20(8-9-22(21)17-23)18-26-25(28)24(12-14-32-2)27-33(29,30)15-13-19-6-4-3-5-7-19/h3-11,13,15-17,24,27H,12,14,18H2,1-2H3,(H,26,28)/b15-13+. The second-order valence-electron chi connectivity index (χ2n) is 7.48. The minimum atomic E-state index is -3.79. The number of benzene rings is 3. The Morgan fingerprint density at radius 1 is 1.06 bits per heavy atom. The van der Waals surface area contributed by atoms with E-state index in [0.29, 0.717) is 18.7 Å². The summed E-state index contributed by atoms with van der Waals surface area (Å²) in [4.78, 5) is 12.8. The molecule has 174 valence electrons. The smallest absolute Gasteiger partial charge is 0.238 e. The highest BCUT2D eigenvalue weighted by Crippen LogP contribution is 2.22. The van der Waals surface area contributed by atoms with Crippen LogP contribution in [-0.2, 0) is 21.4 Å². The average molecular weight is 485 g/mol. The summed E-state index contributed by atoms with van der Waals surface area (Å²) in [6.45, 7) is 0.304. The molecule has 0 aliphatic rings. The van der Waals surface area contributed by atoms with E-state index in [1.807, 2.05) is 73.0 Å². The first-order valence-corrected chi connectivity index (χ1v) is 13.4. The number of carbonyl (C=O) groups is 1. The average Bonchev–Trinajstić information content (AvgIpc) is 2.84. The van der Waals surface area contributed by atoms with E-state index in [2.05, 4.69) is 10.0 Å². The highest BCUT2D eigenvalue weighted by Gasteiger charge is 2.22. The molecule has 0 saturated carbocycles. The predicted molar refractivity (Wildman–Crippen MR) is 137 cm³/mol. The maximum absolute atomic E-state index is 12.8. The molecule has 0 saturated heterocycles. The molecular weight excluding hydrogens is 456 g/mol. The van der Waals surface area contributed by atoms with E-state index in [1.165, 1.54) is 6.08 Å². The number of hydrogen-bond acceptors (Lipinski definition) is 5. The topological polar surface area (TPSA) is 84.5 Å². The lowest BCUT2D eigenvalue weighted by Crippen LogP contribution is -2.46. The summed E-state index contributed by atoms with van der Waals surface area (Å²) >= 11 is 1.56. The van der Waals surface area contributed by atoms with Gasteiger partial charge in [0.05, 0.1) is 7.11 Å². The molecule has 0 radical (unpaired) electrons. The van der Waals surface area contributed by atoms with Crippen LogP contribution in [0.2, 0.25) is 0 Å². The van der Waals surface area contributed by atoms with Crippen molar-refractivity contribution in [2.24, 2.45) is 0 Å². The number of hydrogen-bond donors (Lipinski definition) is 2. The van der Waals surface area contributed by atoms with Gasteiger partial charge in [0.2, 0.25) is 15.9 Å². The van der Waals surface area contributed by atoms with Gasteiger partial charge in [-0.25, -0.2) is 8.42 Å². The summed E-state index contributed by atoms with van der Waals surface area (Å²) < 4.78 is 32.9. The summed E-state index contributed by atoms with van der Waals surface area (Å²) in [5, 5.41) is 6.04. The number of ether oxygens (including phenoxy) is 1. The first-order valence-electron chi connectivity index (χ1n) is 10.5. The van der Waals surface area contributed by atoms with Crippen LogP contribution < -0.4 is 14.8 Å². The van der Waals surface area contributed by atoms with E-state index in [1.54, 1.807) is 18.9 Å². The van der Waals surface area contributed by atoms with Crippen LogP contribution in [-0.4, -0.2) is 39.5 Å². The molecule has 1 amide bonds. The second-order valence-corrected chi connectivity index (χ2v) is 10.1. The molecule has 6 nitrogen and oxygen atoms in total. The van der Waals surface area contributed by atoms with Crippen LogP contribution >= 0.6 is 11.8 Å². The fraction of sp³-hybridized carbons (Fsp3) is 0.240. The van der Waals surface area contributed by atoms with E-state index in [-0.39, 0.29) is 5.91 Å². The third-order valence-corrected chi connectivity index (χ3v) is 6.80. The van der Waals surface area contributed by atoms with Gasteiger partial charge in [0.25, 0.3) is 0 Å². The molecule has 1 unspecified atom stereocenters. The lowest BCUT2D eigenvalue weighted by Gasteiger charge is -2.17. The normalized spacial score (nSPS) is 12.7. The van der Waals surface area contributed by atoms with E-state index in [4.69, 9.17) is 4.74 Å². The van der Waals surface area contributed by atoms with Gasteiger partial charge in [-0.15, -0.1) is 0 Å². The molecule has 0 spiro atoms. The lowest BCUT2D eigenvalue weighted by molar-refractivity contribution is -0.122. The molecule has 3 aromatic carbocycles. The van der Waals surface area contributed by atoms with Crippen molar-refractivity contribution in [2.45, 2.75) is 19.0 Å². The van der Waals surface area contributed by atoms with E-state index >= 15 is 0 Å². The first kappa shape index (κ1) is 24.8. The van der Waals surface area contributed by atoms with E-state index in [0.717, 1.165) is 33.1 Å². The van der Waals surface area contributed by atoms with Crippen LogP contribution in [0, 0.1) is 0 Å². The molecule has 2 N–H and O–H groups in total. The third-order valence-electron chi connectivity index (χ3n) is 5.05. The molecule has 0 aliphatic carbocycles.